The molecule has 1 atom stereocenters. The zero-order valence-electron chi connectivity index (χ0n) is 12.0. The lowest BCUT2D eigenvalue weighted by atomic mass is 10.6. The van der Waals surface area contributed by atoms with Gasteiger partial charge in [0.2, 0.25) is 0 Å². The number of aromatic nitrogens is 2. The normalized spacial score (nSPS) is 15.3. The molecule has 116 valence electrons. The number of nitrogens with zero attached hydrogens (tertiary/aromatic N) is 2. The van der Waals surface area contributed by atoms with E-state index in [1.807, 2.05) is 13.8 Å². The first-order chi connectivity index (χ1) is 9.00. The molecule has 0 amide bonds. The summed E-state index contributed by atoms with van der Waals surface area (Å²) in [6.45, 7) is 2.54. The number of hydrogen-bond acceptors (Lipinski definition) is 6. The van der Waals surface area contributed by atoms with Crippen LogP contribution in [0, 0.1) is 0 Å². The molecule has 0 N–H and O–H groups in total. The Morgan fingerprint density at radius 1 is 1.50 bits per heavy atom. The van der Waals surface area contributed by atoms with Crippen LogP contribution in [0.2, 0.25) is 5.02 Å². The molecule has 1 unspecified atom stereocenters. The van der Waals surface area contributed by atoms with Crippen molar-refractivity contribution in [2.75, 3.05) is 12.4 Å². The van der Waals surface area contributed by atoms with E-state index in [9.17, 15) is 13.0 Å². The van der Waals surface area contributed by atoms with Crippen LogP contribution in [0.4, 0.5) is 0 Å². The maximum Gasteiger partial charge on any atom is 0.304 e. The summed E-state index contributed by atoms with van der Waals surface area (Å²) in [5.41, 5.74) is 0. The predicted octanol–water partition coefficient (Wildman–Crippen LogP) is 3.21. The van der Waals surface area contributed by atoms with Crippen LogP contribution >= 0.6 is 29.6 Å². The third kappa shape index (κ3) is 4.16. The van der Waals surface area contributed by atoms with E-state index in [1.54, 1.807) is 6.92 Å². The summed E-state index contributed by atoms with van der Waals surface area (Å²) < 4.78 is 42.4. The molecule has 0 aliphatic carbocycles. The quantitative estimate of drug-likeness (QED) is 0.725. The molecule has 1 aromatic rings. The Balaban J connectivity index is 3.21. The van der Waals surface area contributed by atoms with Crippen LogP contribution in [-0.4, -0.2) is 35.9 Å². The van der Waals surface area contributed by atoms with Gasteiger partial charge in [-0.1, -0.05) is 43.8 Å². The Morgan fingerprint density at radius 2 is 2.05 bits per heavy atom. The monoisotopic (exact) mass is 360 g/mol. The Kier molecular flexibility index (Phi) is 5.63. The van der Waals surface area contributed by atoms with Gasteiger partial charge in [-0.15, -0.1) is 5.10 Å². The SMILES string of the molecule is CCP(=O)(Oc1nn(C)c(S(C)(=O)=O)c1Cl)SC(C)C. The first-order valence-corrected chi connectivity index (χ1v) is 11.5. The Bertz CT molecular complexity index is 642. The van der Waals surface area contributed by atoms with Crippen molar-refractivity contribution in [3.63, 3.8) is 0 Å². The van der Waals surface area contributed by atoms with Gasteiger partial charge in [0.1, 0.15) is 5.02 Å². The van der Waals surface area contributed by atoms with Gasteiger partial charge in [0.25, 0.3) is 5.88 Å². The smallest absolute Gasteiger partial charge is 0.304 e. The van der Waals surface area contributed by atoms with Crippen LogP contribution in [0.5, 0.6) is 5.88 Å². The molecule has 0 radical (unpaired) electrons. The molecule has 0 aliphatic heterocycles. The van der Waals surface area contributed by atoms with Crippen molar-refractivity contribution in [2.24, 2.45) is 7.05 Å². The van der Waals surface area contributed by atoms with E-state index in [1.165, 1.54) is 18.4 Å². The number of rotatable bonds is 6. The van der Waals surface area contributed by atoms with Crippen molar-refractivity contribution >= 4 is 39.4 Å². The van der Waals surface area contributed by atoms with Crippen LogP contribution in [0.25, 0.3) is 0 Å². The van der Waals surface area contributed by atoms with Crippen LogP contribution in [-0.2, 0) is 21.4 Å². The van der Waals surface area contributed by atoms with Crippen molar-refractivity contribution < 1.29 is 17.5 Å². The van der Waals surface area contributed by atoms with Crippen LogP contribution in [0.1, 0.15) is 20.8 Å². The van der Waals surface area contributed by atoms with Gasteiger partial charge in [-0.2, -0.15) is 0 Å². The minimum atomic E-state index is -3.54. The summed E-state index contributed by atoms with van der Waals surface area (Å²) in [5.74, 6) is -0.104. The van der Waals surface area contributed by atoms with E-state index in [0.717, 1.165) is 10.9 Å². The molecular formula is C10H18ClN2O4PS2. The van der Waals surface area contributed by atoms with Crippen LogP contribution in [0.15, 0.2) is 5.03 Å². The van der Waals surface area contributed by atoms with E-state index in [2.05, 4.69) is 5.10 Å². The van der Waals surface area contributed by atoms with Gasteiger partial charge in [0.15, 0.2) is 14.9 Å². The maximum atomic E-state index is 12.6. The summed E-state index contributed by atoms with van der Waals surface area (Å²) in [6, 6.07) is 0. The zero-order chi connectivity index (χ0) is 15.7. The molecule has 0 saturated carbocycles. The van der Waals surface area contributed by atoms with E-state index in [-0.39, 0.29) is 21.2 Å². The maximum absolute atomic E-state index is 12.6. The van der Waals surface area contributed by atoms with Gasteiger partial charge in [0.05, 0.1) is 0 Å². The van der Waals surface area contributed by atoms with E-state index in [4.69, 9.17) is 16.1 Å². The van der Waals surface area contributed by atoms with Gasteiger partial charge in [-0.25, -0.2) is 8.42 Å². The molecule has 1 aromatic heterocycles. The Labute approximate surface area is 128 Å². The van der Waals surface area contributed by atoms with Gasteiger partial charge in [-0.3, -0.25) is 9.25 Å². The molecule has 0 fully saturated rings. The minimum Gasteiger partial charge on any atom is -0.414 e. The average molecular weight is 361 g/mol. The predicted molar refractivity (Wildman–Crippen MR) is 82.8 cm³/mol. The summed E-state index contributed by atoms with van der Waals surface area (Å²) in [6.07, 6.45) is 1.33. The fourth-order valence-corrected chi connectivity index (χ4v) is 7.21. The van der Waals surface area contributed by atoms with Crippen molar-refractivity contribution in [3.8, 4) is 5.88 Å². The highest BCUT2D eigenvalue weighted by Gasteiger charge is 2.30. The van der Waals surface area contributed by atoms with Crippen LogP contribution in [0.3, 0.4) is 0 Å². The van der Waals surface area contributed by atoms with Crippen molar-refractivity contribution in [2.45, 2.75) is 31.0 Å². The summed E-state index contributed by atoms with van der Waals surface area (Å²) in [7, 11) is -2.09. The fraction of sp³-hybridized carbons (Fsp3) is 0.700. The van der Waals surface area contributed by atoms with E-state index < -0.39 is 16.4 Å². The highest BCUT2D eigenvalue weighted by molar-refractivity contribution is 8.57. The zero-order valence-corrected chi connectivity index (χ0v) is 15.2. The van der Waals surface area contributed by atoms with E-state index >= 15 is 0 Å². The highest BCUT2D eigenvalue weighted by Crippen LogP contribution is 2.61. The molecule has 10 heteroatoms. The van der Waals surface area contributed by atoms with Gasteiger partial charge >= 0.3 is 6.57 Å². The molecule has 0 aliphatic rings. The highest BCUT2D eigenvalue weighted by atomic mass is 35.5. The Hall–Kier alpha value is -0.170. The second-order valence-electron chi connectivity index (χ2n) is 4.49. The first-order valence-electron chi connectivity index (χ1n) is 5.89. The largest absolute Gasteiger partial charge is 0.414 e. The molecular weight excluding hydrogens is 343 g/mol. The van der Waals surface area contributed by atoms with E-state index in [0.29, 0.717) is 6.16 Å². The van der Waals surface area contributed by atoms with Crippen molar-refractivity contribution in [1.82, 2.24) is 9.78 Å². The second kappa shape index (κ2) is 6.30. The molecule has 6 nitrogen and oxygen atoms in total. The fourth-order valence-electron chi connectivity index (χ4n) is 1.53. The minimum absolute atomic E-state index is 0.104. The van der Waals surface area contributed by atoms with Gasteiger partial charge in [-0.05, 0) is 0 Å². The lowest BCUT2D eigenvalue weighted by Crippen LogP contribution is -2.05. The molecule has 0 saturated heterocycles. The third-order valence-corrected chi connectivity index (χ3v) is 9.06. The molecule has 20 heavy (non-hydrogen) atoms. The van der Waals surface area contributed by atoms with Crippen molar-refractivity contribution in [3.05, 3.63) is 5.02 Å². The second-order valence-corrected chi connectivity index (χ2v) is 12.3. The molecule has 1 heterocycles. The summed E-state index contributed by atoms with van der Waals surface area (Å²) in [5, 5.41) is 3.75. The standard InChI is InChI=1S/C10H18ClN2O4PS2/c1-6-18(14,19-7(2)3)17-9-8(11)10(13(4)12-9)20(5,15)16/h7H,6H2,1-5H3. The number of hydrogen-bond donors (Lipinski definition) is 0. The van der Waals surface area contributed by atoms with Crippen molar-refractivity contribution in [1.29, 1.82) is 0 Å². The lowest BCUT2D eigenvalue weighted by Gasteiger charge is -2.17. The number of sulfone groups is 1. The summed E-state index contributed by atoms with van der Waals surface area (Å²) in [4.78, 5) is 0. The third-order valence-electron chi connectivity index (χ3n) is 2.25. The number of aryl methyl sites for hydroxylation is 1. The molecule has 0 spiro atoms. The molecule has 0 bridgehead atoms. The molecule has 1 rings (SSSR count). The van der Waals surface area contributed by atoms with Crippen LogP contribution < -0.4 is 4.52 Å². The first kappa shape index (κ1) is 17.9. The lowest BCUT2D eigenvalue weighted by molar-refractivity contribution is 0.484. The van der Waals surface area contributed by atoms with Gasteiger partial charge < -0.3 is 4.52 Å². The summed E-state index contributed by atoms with van der Waals surface area (Å²) >= 11 is 7.20. The van der Waals surface area contributed by atoms with Gasteiger partial charge in [0, 0.05) is 24.7 Å². The Morgan fingerprint density at radius 3 is 2.40 bits per heavy atom. The topological polar surface area (TPSA) is 78.3 Å². The number of halogens is 1. The average Bonchev–Trinajstić information content (AvgIpc) is 2.51. The molecule has 0 aromatic carbocycles.